The van der Waals surface area contributed by atoms with Crippen molar-refractivity contribution in [3.63, 3.8) is 0 Å². The van der Waals surface area contributed by atoms with Crippen LogP contribution in [0, 0.1) is 18.2 Å². The zero-order valence-corrected chi connectivity index (χ0v) is 10.8. The van der Waals surface area contributed by atoms with Crippen LogP contribution in [0.3, 0.4) is 0 Å². The van der Waals surface area contributed by atoms with Crippen molar-refractivity contribution in [1.82, 2.24) is 0 Å². The van der Waals surface area contributed by atoms with E-state index in [1.807, 2.05) is 13.0 Å². The first-order chi connectivity index (χ1) is 7.85. The molecule has 0 saturated carbocycles. The van der Waals surface area contributed by atoms with Crippen molar-refractivity contribution >= 4 is 5.57 Å². The summed E-state index contributed by atoms with van der Waals surface area (Å²) in [5.74, 6) is -0.169. The zero-order valence-electron chi connectivity index (χ0n) is 10.8. The fourth-order valence-corrected chi connectivity index (χ4v) is 2.72. The summed E-state index contributed by atoms with van der Waals surface area (Å²) in [4.78, 5) is 0. The van der Waals surface area contributed by atoms with Crippen molar-refractivity contribution < 1.29 is 4.39 Å². The normalized spacial score (nSPS) is 23.4. The Bertz CT molecular complexity index is 440. The quantitative estimate of drug-likeness (QED) is 0.787. The van der Waals surface area contributed by atoms with Crippen LogP contribution in [0.25, 0.3) is 5.57 Å². The fourth-order valence-electron chi connectivity index (χ4n) is 2.72. The molecule has 0 saturated heterocycles. The lowest BCUT2D eigenvalue weighted by Crippen LogP contribution is -2.30. The van der Waals surface area contributed by atoms with Gasteiger partial charge in [0.05, 0.1) is 0 Å². The standard InChI is InChI=1S/C15H20FN/c1-10-4-11(6-13(16)5-10)12-7-14(17)9-15(2,3)8-12/h4-7,14H,8-9,17H2,1-3H3. The van der Waals surface area contributed by atoms with Crippen molar-refractivity contribution in [2.45, 2.75) is 39.7 Å². The summed E-state index contributed by atoms with van der Waals surface area (Å²) < 4.78 is 13.4. The third-order valence-corrected chi connectivity index (χ3v) is 3.29. The van der Waals surface area contributed by atoms with Gasteiger partial charge in [0.25, 0.3) is 0 Å². The molecule has 1 aromatic rings. The smallest absolute Gasteiger partial charge is 0.124 e. The second-order valence-electron chi connectivity index (χ2n) is 5.92. The van der Waals surface area contributed by atoms with Crippen LogP contribution < -0.4 is 5.73 Å². The van der Waals surface area contributed by atoms with E-state index in [9.17, 15) is 4.39 Å². The van der Waals surface area contributed by atoms with E-state index in [0.717, 1.165) is 24.0 Å². The minimum Gasteiger partial charge on any atom is -0.324 e. The van der Waals surface area contributed by atoms with Gasteiger partial charge in [0, 0.05) is 6.04 Å². The zero-order chi connectivity index (χ0) is 12.6. The van der Waals surface area contributed by atoms with Gasteiger partial charge in [0.15, 0.2) is 0 Å². The van der Waals surface area contributed by atoms with E-state index in [1.165, 1.54) is 5.57 Å². The predicted molar refractivity (Wildman–Crippen MR) is 70.1 cm³/mol. The molecular formula is C15H20FN. The number of aryl methyl sites for hydroxylation is 1. The SMILES string of the molecule is Cc1cc(F)cc(C2=CC(N)CC(C)(C)C2)c1. The Labute approximate surface area is 103 Å². The second kappa shape index (κ2) is 4.26. The van der Waals surface area contributed by atoms with Gasteiger partial charge >= 0.3 is 0 Å². The first-order valence-electron chi connectivity index (χ1n) is 6.10. The Morgan fingerprint density at radius 2 is 2.00 bits per heavy atom. The van der Waals surface area contributed by atoms with Crippen LogP contribution in [-0.4, -0.2) is 6.04 Å². The van der Waals surface area contributed by atoms with Crippen LogP contribution in [0.2, 0.25) is 0 Å². The van der Waals surface area contributed by atoms with Crippen LogP contribution >= 0.6 is 0 Å². The van der Waals surface area contributed by atoms with Crippen molar-refractivity contribution in [3.05, 3.63) is 41.2 Å². The maximum atomic E-state index is 13.4. The maximum Gasteiger partial charge on any atom is 0.124 e. The maximum absolute atomic E-state index is 13.4. The molecule has 0 aromatic heterocycles. The van der Waals surface area contributed by atoms with Gasteiger partial charge in [0.2, 0.25) is 0 Å². The topological polar surface area (TPSA) is 26.0 Å². The molecule has 2 N–H and O–H groups in total. The number of nitrogens with two attached hydrogens (primary N) is 1. The summed E-state index contributed by atoms with van der Waals surface area (Å²) in [6.07, 6.45) is 4.04. The molecule has 17 heavy (non-hydrogen) atoms. The van der Waals surface area contributed by atoms with Crippen LogP contribution in [0.1, 0.15) is 37.8 Å². The Morgan fingerprint density at radius 1 is 1.29 bits per heavy atom. The first-order valence-corrected chi connectivity index (χ1v) is 6.10. The molecule has 92 valence electrons. The molecule has 0 heterocycles. The summed E-state index contributed by atoms with van der Waals surface area (Å²) in [6, 6.07) is 5.27. The van der Waals surface area contributed by atoms with Crippen molar-refractivity contribution in [1.29, 1.82) is 0 Å². The number of halogens is 1. The van der Waals surface area contributed by atoms with Gasteiger partial charge in [-0.15, -0.1) is 0 Å². The molecule has 0 amide bonds. The minimum atomic E-state index is -0.169. The summed E-state index contributed by atoms with van der Waals surface area (Å²) in [5.41, 5.74) is 9.35. The molecule has 0 radical (unpaired) electrons. The van der Waals surface area contributed by atoms with Crippen LogP contribution in [0.4, 0.5) is 4.39 Å². The van der Waals surface area contributed by atoms with E-state index in [-0.39, 0.29) is 17.3 Å². The molecule has 1 aliphatic rings. The largest absolute Gasteiger partial charge is 0.324 e. The van der Waals surface area contributed by atoms with Crippen molar-refractivity contribution in [3.8, 4) is 0 Å². The van der Waals surface area contributed by atoms with Gasteiger partial charge in [-0.2, -0.15) is 0 Å². The van der Waals surface area contributed by atoms with Gasteiger partial charge in [-0.25, -0.2) is 4.39 Å². The highest BCUT2D eigenvalue weighted by atomic mass is 19.1. The molecule has 1 aliphatic carbocycles. The molecule has 0 fully saturated rings. The van der Waals surface area contributed by atoms with Crippen LogP contribution in [-0.2, 0) is 0 Å². The third kappa shape index (κ3) is 2.95. The number of allylic oxidation sites excluding steroid dienone is 1. The van der Waals surface area contributed by atoms with E-state index >= 15 is 0 Å². The number of hydrogen-bond donors (Lipinski definition) is 1. The summed E-state index contributed by atoms with van der Waals surface area (Å²) in [6.45, 7) is 6.35. The fraction of sp³-hybridized carbons (Fsp3) is 0.467. The van der Waals surface area contributed by atoms with Crippen LogP contribution in [0.5, 0.6) is 0 Å². The molecule has 1 aromatic carbocycles. The van der Waals surface area contributed by atoms with E-state index < -0.39 is 0 Å². The molecule has 0 spiro atoms. The average molecular weight is 233 g/mol. The van der Waals surface area contributed by atoms with E-state index in [0.29, 0.717) is 0 Å². The lowest BCUT2D eigenvalue weighted by molar-refractivity contribution is 0.318. The highest BCUT2D eigenvalue weighted by Gasteiger charge is 2.27. The van der Waals surface area contributed by atoms with Gasteiger partial charge in [-0.05, 0) is 54.0 Å². The molecule has 2 rings (SSSR count). The second-order valence-corrected chi connectivity index (χ2v) is 5.92. The highest BCUT2D eigenvalue weighted by Crippen LogP contribution is 2.39. The Morgan fingerprint density at radius 3 is 2.59 bits per heavy atom. The monoisotopic (exact) mass is 233 g/mol. The van der Waals surface area contributed by atoms with E-state index in [1.54, 1.807) is 12.1 Å². The Hall–Kier alpha value is -1.15. The Kier molecular flexibility index (Phi) is 3.09. The molecule has 1 unspecified atom stereocenters. The number of rotatable bonds is 1. The third-order valence-electron chi connectivity index (χ3n) is 3.29. The number of benzene rings is 1. The predicted octanol–water partition coefficient (Wildman–Crippen LogP) is 3.66. The first kappa shape index (κ1) is 12.3. The van der Waals surface area contributed by atoms with Gasteiger partial charge in [-0.3, -0.25) is 0 Å². The van der Waals surface area contributed by atoms with Crippen molar-refractivity contribution in [2.75, 3.05) is 0 Å². The molecule has 2 heteroatoms. The van der Waals surface area contributed by atoms with Gasteiger partial charge < -0.3 is 5.73 Å². The van der Waals surface area contributed by atoms with Gasteiger partial charge in [0.1, 0.15) is 5.82 Å². The van der Waals surface area contributed by atoms with E-state index in [4.69, 9.17) is 5.73 Å². The number of hydrogen-bond acceptors (Lipinski definition) is 1. The summed E-state index contributed by atoms with van der Waals surface area (Å²) >= 11 is 0. The van der Waals surface area contributed by atoms with Gasteiger partial charge in [-0.1, -0.05) is 26.0 Å². The molecule has 0 aliphatic heterocycles. The van der Waals surface area contributed by atoms with Crippen LogP contribution in [0.15, 0.2) is 24.3 Å². The minimum absolute atomic E-state index is 0.0809. The Balaban J connectivity index is 2.39. The molecule has 1 nitrogen and oxygen atoms in total. The summed E-state index contributed by atoms with van der Waals surface area (Å²) in [5, 5.41) is 0. The highest BCUT2D eigenvalue weighted by molar-refractivity contribution is 5.68. The lowest BCUT2D eigenvalue weighted by Gasteiger charge is -2.33. The molecule has 0 bridgehead atoms. The summed E-state index contributed by atoms with van der Waals surface area (Å²) in [7, 11) is 0. The lowest BCUT2D eigenvalue weighted by atomic mass is 9.74. The molecule has 1 atom stereocenters. The van der Waals surface area contributed by atoms with E-state index in [2.05, 4.69) is 19.9 Å². The molecular weight excluding hydrogens is 213 g/mol. The van der Waals surface area contributed by atoms with Crippen molar-refractivity contribution in [2.24, 2.45) is 11.1 Å². The average Bonchev–Trinajstić information content (AvgIpc) is 2.12.